The van der Waals surface area contributed by atoms with Gasteiger partial charge in [-0.2, -0.15) is 0 Å². The Hall–Kier alpha value is -1.18. The van der Waals surface area contributed by atoms with E-state index >= 15 is 0 Å². The molecule has 0 saturated heterocycles. The summed E-state index contributed by atoms with van der Waals surface area (Å²) < 4.78 is 6.04. The van der Waals surface area contributed by atoms with E-state index in [9.17, 15) is 0 Å². The van der Waals surface area contributed by atoms with E-state index in [0.717, 1.165) is 20.8 Å². The van der Waals surface area contributed by atoms with Crippen molar-refractivity contribution in [3.05, 3.63) is 33.6 Å². The van der Waals surface area contributed by atoms with Crippen molar-refractivity contribution < 1.29 is 4.52 Å². The van der Waals surface area contributed by atoms with Crippen LogP contribution in [0, 0.1) is 10.5 Å². The minimum Gasteiger partial charge on any atom is -0.361 e. The third-order valence-electron chi connectivity index (χ3n) is 2.09. The quantitative estimate of drug-likeness (QED) is 0.806. The highest BCUT2D eigenvalue weighted by molar-refractivity contribution is 14.1. The zero-order valence-corrected chi connectivity index (χ0v) is 11.2. The standard InChI is InChI=1S/C10H11IN4O/c1-7-3-8(14-16-7)5-15(2)10-9(11)4-12-6-13-10/h3-4,6H,5H2,1-2H3. The van der Waals surface area contributed by atoms with Gasteiger partial charge >= 0.3 is 0 Å². The summed E-state index contributed by atoms with van der Waals surface area (Å²) in [7, 11) is 1.97. The molecular weight excluding hydrogens is 319 g/mol. The lowest BCUT2D eigenvalue weighted by Gasteiger charge is -2.17. The molecule has 0 aromatic carbocycles. The van der Waals surface area contributed by atoms with E-state index in [2.05, 4.69) is 37.7 Å². The number of aryl methyl sites for hydroxylation is 1. The average Bonchev–Trinajstić information content (AvgIpc) is 2.64. The van der Waals surface area contributed by atoms with Crippen LogP contribution in [0.5, 0.6) is 0 Å². The van der Waals surface area contributed by atoms with Gasteiger partial charge in [-0.25, -0.2) is 9.97 Å². The fraction of sp³-hybridized carbons (Fsp3) is 0.300. The van der Waals surface area contributed by atoms with Gasteiger partial charge in [-0.05, 0) is 29.5 Å². The maximum Gasteiger partial charge on any atom is 0.145 e. The van der Waals surface area contributed by atoms with E-state index < -0.39 is 0 Å². The van der Waals surface area contributed by atoms with Gasteiger partial charge in [0.25, 0.3) is 0 Å². The maximum atomic E-state index is 5.02. The summed E-state index contributed by atoms with van der Waals surface area (Å²) in [6.07, 6.45) is 3.33. The van der Waals surface area contributed by atoms with Crippen molar-refractivity contribution >= 4 is 28.4 Å². The molecule has 0 spiro atoms. The topological polar surface area (TPSA) is 55.1 Å². The third kappa shape index (κ3) is 2.49. The number of aromatic nitrogens is 3. The molecule has 6 heteroatoms. The van der Waals surface area contributed by atoms with Crippen LogP contribution in [0.2, 0.25) is 0 Å². The largest absolute Gasteiger partial charge is 0.361 e. The number of hydrogen-bond donors (Lipinski definition) is 0. The lowest BCUT2D eigenvalue weighted by molar-refractivity contribution is 0.390. The van der Waals surface area contributed by atoms with Gasteiger partial charge in [0.2, 0.25) is 0 Å². The molecule has 0 N–H and O–H groups in total. The second kappa shape index (κ2) is 4.77. The van der Waals surface area contributed by atoms with E-state index in [0.29, 0.717) is 6.54 Å². The van der Waals surface area contributed by atoms with E-state index in [1.54, 1.807) is 12.5 Å². The molecule has 0 atom stereocenters. The van der Waals surface area contributed by atoms with Gasteiger partial charge in [0.1, 0.15) is 23.6 Å². The predicted molar refractivity (Wildman–Crippen MR) is 68.1 cm³/mol. The summed E-state index contributed by atoms with van der Waals surface area (Å²) in [5.74, 6) is 1.72. The zero-order valence-electron chi connectivity index (χ0n) is 9.01. The second-order valence-electron chi connectivity index (χ2n) is 3.48. The summed E-state index contributed by atoms with van der Waals surface area (Å²) in [5.41, 5.74) is 0.898. The van der Waals surface area contributed by atoms with Gasteiger partial charge in [0.15, 0.2) is 0 Å². The first-order valence-corrected chi connectivity index (χ1v) is 5.83. The number of anilines is 1. The fourth-order valence-corrected chi connectivity index (χ4v) is 2.11. The van der Waals surface area contributed by atoms with E-state index in [1.165, 1.54) is 0 Å². The van der Waals surface area contributed by atoms with Gasteiger partial charge in [-0.15, -0.1) is 0 Å². The molecule has 0 aliphatic heterocycles. The first-order valence-electron chi connectivity index (χ1n) is 4.75. The van der Waals surface area contributed by atoms with E-state index in [-0.39, 0.29) is 0 Å². The number of halogens is 1. The number of nitrogens with zero attached hydrogens (tertiary/aromatic N) is 4. The molecule has 2 aromatic heterocycles. The SMILES string of the molecule is Cc1cc(CN(C)c2ncncc2I)no1. The molecule has 0 radical (unpaired) electrons. The van der Waals surface area contributed by atoms with Crippen LogP contribution in [0.25, 0.3) is 0 Å². The summed E-state index contributed by atoms with van der Waals surface area (Å²) >= 11 is 2.21. The summed E-state index contributed by atoms with van der Waals surface area (Å²) in [6.45, 7) is 2.55. The van der Waals surface area contributed by atoms with Crippen molar-refractivity contribution in [3.8, 4) is 0 Å². The molecular formula is C10H11IN4O. The molecule has 16 heavy (non-hydrogen) atoms. The molecule has 0 saturated carbocycles. The first kappa shape index (κ1) is 11.3. The smallest absolute Gasteiger partial charge is 0.145 e. The summed E-state index contributed by atoms with van der Waals surface area (Å²) in [6, 6.07) is 1.92. The Morgan fingerprint density at radius 3 is 2.94 bits per heavy atom. The van der Waals surface area contributed by atoms with Crippen LogP contribution >= 0.6 is 22.6 Å². The molecule has 2 aromatic rings. The molecule has 84 valence electrons. The van der Waals surface area contributed by atoms with Crippen LogP contribution in [0.3, 0.4) is 0 Å². The highest BCUT2D eigenvalue weighted by Crippen LogP contribution is 2.18. The first-order chi connectivity index (χ1) is 7.66. The Kier molecular flexibility index (Phi) is 3.37. The molecule has 0 aliphatic carbocycles. The second-order valence-corrected chi connectivity index (χ2v) is 4.64. The lowest BCUT2D eigenvalue weighted by atomic mass is 10.3. The van der Waals surface area contributed by atoms with Crippen molar-refractivity contribution in [1.82, 2.24) is 15.1 Å². The Balaban J connectivity index is 2.14. The average molecular weight is 330 g/mol. The Morgan fingerprint density at radius 1 is 1.50 bits per heavy atom. The van der Waals surface area contributed by atoms with Crippen LogP contribution in [0.4, 0.5) is 5.82 Å². The van der Waals surface area contributed by atoms with Gasteiger partial charge < -0.3 is 9.42 Å². The van der Waals surface area contributed by atoms with E-state index in [4.69, 9.17) is 4.52 Å². The predicted octanol–water partition coefficient (Wildman–Crippen LogP) is 2.01. The molecule has 0 unspecified atom stereocenters. The molecule has 5 nitrogen and oxygen atoms in total. The zero-order chi connectivity index (χ0) is 11.5. The van der Waals surface area contributed by atoms with Gasteiger partial charge in [0, 0.05) is 19.3 Å². The van der Waals surface area contributed by atoms with E-state index in [1.807, 2.05) is 24.9 Å². The highest BCUT2D eigenvalue weighted by atomic mass is 127. The summed E-state index contributed by atoms with van der Waals surface area (Å²) in [5, 5.41) is 3.95. The fourth-order valence-electron chi connectivity index (χ4n) is 1.40. The van der Waals surface area contributed by atoms with Crippen molar-refractivity contribution in [1.29, 1.82) is 0 Å². The molecule has 2 heterocycles. The normalized spacial score (nSPS) is 10.4. The minimum atomic E-state index is 0.671. The van der Waals surface area contributed by atoms with Crippen LogP contribution in [0.15, 0.2) is 23.1 Å². The Labute approximate surface area is 107 Å². The van der Waals surface area contributed by atoms with Crippen molar-refractivity contribution in [3.63, 3.8) is 0 Å². The molecule has 0 aliphatic rings. The van der Waals surface area contributed by atoms with Crippen LogP contribution in [-0.4, -0.2) is 22.2 Å². The van der Waals surface area contributed by atoms with Crippen LogP contribution < -0.4 is 4.90 Å². The molecule has 0 bridgehead atoms. The van der Waals surface area contributed by atoms with Crippen molar-refractivity contribution in [2.45, 2.75) is 13.5 Å². The minimum absolute atomic E-state index is 0.671. The monoisotopic (exact) mass is 330 g/mol. The number of hydrogen-bond acceptors (Lipinski definition) is 5. The maximum absolute atomic E-state index is 5.02. The van der Waals surface area contributed by atoms with Crippen molar-refractivity contribution in [2.75, 3.05) is 11.9 Å². The third-order valence-corrected chi connectivity index (χ3v) is 2.85. The van der Waals surface area contributed by atoms with Crippen LogP contribution in [-0.2, 0) is 6.54 Å². The van der Waals surface area contributed by atoms with Gasteiger partial charge in [-0.3, -0.25) is 0 Å². The van der Waals surface area contributed by atoms with Gasteiger partial charge in [0.05, 0.1) is 10.1 Å². The Bertz CT molecular complexity index is 485. The molecule has 0 amide bonds. The van der Waals surface area contributed by atoms with Crippen LogP contribution in [0.1, 0.15) is 11.5 Å². The molecule has 0 fully saturated rings. The number of rotatable bonds is 3. The molecule has 2 rings (SSSR count). The lowest BCUT2D eigenvalue weighted by Crippen LogP contribution is -2.19. The highest BCUT2D eigenvalue weighted by Gasteiger charge is 2.09. The van der Waals surface area contributed by atoms with Gasteiger partial charge in [-0.1, -0.05) is 5.16 Å². The Morgan fingerprint density at radius 2 is 2.31 bits per heavy atom. The summed E-state index contributed by atoms with van der Waals surface area (Å²) in [4.78, 5) is 10.2. The van der Waals surface area contributed by atoms with Crippen molar-refractivity contribution in [2.24, 2.45) is 0 Å².